The first-order valence-electron chi connectivity index (χ1n) is 5.91. The van der Waals surface area contributed by atoms with Crippen molar-refractivity contribution in [2.75, 3.05) is 7.11 Å². The highest BCUT2D eigenvalue weighted by molar-refractivity contribution is 6.67. The Morgan fingerprint density at radius 1 is 0.652 bits per heavy atom. The molecule has 2 rings (SSSR count). The van der Waals surface area contributed by atoms with Gasteiger partial charge in [-0.15, -0.1) is 0 Å². The number of benzene rings is 2. The average Bonchev–Trinajstić information content (AvgIpc) is 2.50. The van der Waals surface area contributed by atoms with Crippen molar-refractivity contribution in [1.29, 1.82) is 0 Å². The molecule has 0 fully saturated rings. The normalized spacial score (nSPS) is 10.8. The van der Waals surface area contributed by atoms with Gasteiger partial charge in [-0.2, -0.15) is 4.39 Å². The van der Waals surface area contributed by atoms with Crippen molar-refractivity contribution in [3.05, 3.63) is 52.6 Å². The minimum absolute atomic E-state index is 0.0410. The van der Waals surface area contributed by atoms with Gasteiger partial charge in [0.2, 0.25) is 13.1 Å². The molecule has 0 aromatic heterocycles. The number of ether oxygens (including phenoxy) is 1. The summed E-state index contributed by atoms with van der Waals surface area (Å²) in [6, 6.07) is -0.0410. The molecule has 0 saturated heterocycles. The molecule has 0 heterocycles. The third kappa shape index (κ3) is 2.73. The van der Waals surface area contributed by atoms with Crippen LogP contribution in [0.1, 0.15) is 0 Å². The topological polar surface area (TPSA) is 9.23 Å². The molecule has 0 bridgehead atoms. The molecule has 122 valence electrons. The second-order valence-electron chi connectivity index (χ2n) is 4.39. The molecule has 0 aliphatic carbocycles. The van der Waals surface area contributed by atoms with Crippen LogP contribution in [-0.4, -0.2) is 14.4 Å². The van der Waals surface area contributed by atoms with E-state index in [4.69, 9.17) is 0 Å². The van der Waals surface area contributed by atoms with E-state index in [2.05, 4.69) is 4.74 Å². The number of hydrogen-bond acceptors (Lipinski definition) is 1. The molecule has 2 aromatic carbocycles. The quantitative estimate of drug-likeness (QED) is 0.360. The van der Waals surface area contributed by atoms with E-state index in [1.807, 2.05) is 0 Å². The number of rotatable bonds is 3. The van der Waals surface area contributed by atoms with E-state index >= 15 is 0 Å². The smallest absolute Gasteiger partial charge is 0.208 e. The van der Waals surface area contributed by atoms with E-state index in [9.17, 15) is 35.1 Å². The summed E-state index contributed by atoms with van der Waals surface area (Å²) in [5, 5.41) is 0. The van der Waals surface area contributed by atoms with Gasteiger partial charge >= 0.3 is 0 Å². The molecule has 0 unspecified atom stereocenters. The lowest BCUT2D eigenvalue weighted by Crippen LogP contribution is -2.38. The summed E-state index contributed by atoms with van der Waals surface area (Å²) in [6.45, 7) is 0. The summed E-state index contributed by atoms with van der Waals surface area (Å²) in [5.74, 6) is -16.9. The molecule has 0 atom stereocenters. The fraction of sp³-hybridized carbons (Fsp3) is 0.0769. The number of methoxy groups -OCH3 is 1. The summed E-state index contributed by atoms with van der Waals surface area (Å²) in [4.78, 5) is 0. The van der Waals surface area contributed by atoms with E-state index in [-0.39, 0.29) is 6.07 Å². The van der Waals surface area contributed by atoms with Gasteiger partial charge in [-0.25, -0.2) is 30.7 Å². The van der Waals surface area contributed by atoms with E-state index in [1.54, 1.807) is 0 Å². The van der Waals surface area contributed by atoms with Gasteiger partial charge in [0.25, 0.3) is 0 Å². The summed E-state index contributed by atoms with van der Waals surface area (Å²) in [5.41, 5.74) is -2.56. The van der Waals surface area contributed by atoms with Crippen LogP contribution in [0.15, 0.2) is 6.07 Å². The fourth-order valence-electron chi connectivity index (χ4n) is 1.94. The molecule has 0 aliphatic heterocycles. The van der Waals surface area contributed by atoms with Gasteiger partial charge in [0.1, 0.15) is 5.82 Å². The van der Waals surface area contributed by atoms with E-state index in [0.29, 0.717) is 0 Å². The van der Waals surface area contributed by atoms with Crippen molar-refractivity contribution >= 4 is 18.2 Å². The highest BCUT2D eigenvalue weighted by atomic mass is 19.2. The van der Waals surface area contributed by atoms with Crippen LogP contribution in [0.25, 0.3) is 0 Å². The fourth-order valence-corrected chi connectivity index (χ4v) is 1.94. The molecule has 0 N–H and O–H groups in total. The van der Waals surface area contributed by atoms with Gasteiger partial charge in [-0.3, -0.25) is 0 Å². The van der Waals surface area contributed by atoms with Crippen molar-refractivity contribution in [3.63, 3.8) is 0 Å². The molecule has 23 heavy (non-hydrogen) atoms. The molecule has 0 saturated carbocycles. The maximum atomic E-state index is 13.9. The molecule has 0 spiro atoms. The number of hydrogen-bond donors (Lipinski definition) is 0. The zero-order valence-electron chi connectivity index (χ0n) is 11.2. The van der Waals surface area contributed by atoms with E-state index < -0.39 is 70.5 Å². The van der Waals surface area contributed by atoms with Gasteiger partial charge in [-0.1, -0.05) is 0 Å². The van der Waals surface area contributed by atoms with Crippen LogP contribution in [0.2, 0.25) is 0 Å². The highest BCUT2D eigenvalue weighted by Crippen LogP contribution is 2.24. The lowest BCUT2D eigenvalue weighted by atomic mass is 9.62. The Hall–Kier alpha value is -2.26. The first-order chi connectivity index (χ1) is 10.7. The summed E-state index contributed by atoms with van der Waals surface area (Å²) >= 11 is 0. The van der Waals surface area contributed by atoms with Crippen LogP contribution in [0.5, 0.6) is 5.75 Å². The van der Waals surface area contributed by atoms with Crippen molar-refractivity contribution in [2.24, 2.45) is 0 Å². The Labute approximate surface area is 124 Å². The minimum Gasteiger partial charge on any atom is -0.491 e. The Kier molecular flexibility index (Phi) is 4.53. The van der Waals surface area contributed by atoms with Gasteiger partial charge in [0.05, 0.1) is 7.11 Å². The zero-order valence-corrected chi connectivity index (χ0v) is 11.2. The molecule has 2 aromatic rings. The predicted octanol–water partition coefficient (Wildman–Crippen LogP) is 2.20. The molecule has 10 heteroatoms. The Morgan fingerprint density at radius 3 is 1.78 bits per heavy atom. The third-order valence-electron chi connectivity index (χ3n) is 3.08. The highest BCUT2D eigenvalue weighted by Gasteiger charge is 2.29. The molecular formula is C13H5BF8O. The van der Waals surface area contributed by atoms with Crippen LogP contribution in [-0.2, 0) is 0 Å². The largest absolute Gasteiger partial charge is 0.491 e. The van der Waals surface area contributed by atoms with Gasteiger partial charge in [0.15, 0.2) is 40.7 Å². The van der Waals surface area contributed by atoms with Crippen molar-refractivity contribution in [1.82, 2.24) is 0 Å². The van der Waals surface area contributed by atoms with Crippen molar-refractivity contribution in [3.8, 4) is 5.75 Å². The molecular weight excluding hydrogens is 335 g/mol. The molecule has 0 radical (unpaired) electrons. The van der Waals surface area contributed by atoms with E-state index in [0.717, 1.165) is 7.11 Å². The molecule has 0 amide bonds. The minimum atomic E-state index is -2.14. The van der Waals surface area contributed by atoms with Crippen LogP contribution in [0.3, 0.4) is 0 Å². The lowest BCUT2D eigenvalue weighted by Gasteiger charge is -2.12. The van der Waals surface area contributed by atoms with Crippen LogP contribution >= 0.6 is 0 Å². The lowest BCUT2D eigenvalue weighted by molar-refractivity contribution is 0.338. The number of halogens is 8. The monoisotopic (exact) mass is 340 g/mol. The average molecular weight is 340 g/mol. The SMILES string of the molecule is COc1c(F)c(F)c(F)c(Bc2c(F)cc(F)c(F)c2F)c1F. The zero-order chi connectivity index (χ0) is 17.5. The van der Waals surface area contributed by atoms with Crippen molar-refractivity contribution < 1.29 is 39.9 Å². The Balaban J connectivity index is 2.67. The van der Waals surface area contributed by atoms with Gasteiger partial charge < -0.3 is 4.74 Å². The summed E-state index contributed by atoms with van der Waals surface area (Å²) in [7, 11) is -0.582. The summed E-state index contributed by atoms with van der Waals surface area (Å²) < 4.78 is 111. The first-order valence-corrected chi connectivity index (χ1v) is 5.91. The second kappa shape index (κ2) is 6.09. The molecule has 0 aliphatic rings. The first kappa shape index (κ1) is 17.1. The van der Waals surface area contributed by atoms with Crippen LogP contribution < -0.4 is 15.7 Å². The predicted molar refractivity (Wildman–Crippen MR) is 65.5 cm³/mol. The Bertz CT molecular complexity index is 793. The van der Waals surface area contributed by atoms with Gasteiger partial charge in [-0.05, 0) is 10.9 Å². The Morgan fingerprint density at radius 2 is 1.22 bits per heavy atom. The maximum absolute atomic E-state index is 13.9. The maximum Gasteiger partial charge on any atom is 0.208 e. The van der Waals surface area contributed by atoms with Crippen molar-refractivity contribution in [2.45, 2.75) is 0 Å². The van der Waals surface area contributed by atoms with E-state index in [1.165, 1.54) is 0 Å². The standard InChI is InChI=1S/C13H5BF8O/c1-23-13-10(20)6(9(19)11(21)12(13)22)14-5-3(15)2-4(16)7(17)8(5)18/h2,14H,1H3. The van der Waals surface area contributed by atoms with Gasteiger partial charge in [0, 0.05) is 6.07 Å². The van der Waals surface area contributed by atoms with Crippen LogP contribution in [0.4, 0.5) is 35.1 Å². The second-order valence-corrected chi connectivity index (χ2v) is 4.39. The summed E-state index contributed by atoms with van der Waals surface area (Å²) in [6.07, 6.45) is 0. The van der Waals surface area contributed by atoms with Crippen LogP contribution in [0, 0.1) is 46.5 Å². The third-order valence-corrected chi connectivity index (χ3v) is 3.08. The molecule has 1 nitrogen and oxygen atoms in total.